The third-order valence-electron chi connectivity index (χ3n) is 1.79. The maximum atomic E-state index is 12.8. The van der Waals surface area contributed by atoms with Crippen LogP contribution in [-0.4, -0.2) is 31.6 Å². The summed E-state index contributed by atoms with van der Waals surface area (Å²) in [5.74, 6) is -5.07. The Labute approximate surface area is 69.1 Å². The number of hydrogen-bond donors (Lipinski definition) is 1. The van der Waals surface area contributed by atoms with Crippen LogP contribution in [0.2, 0.25) is 0 Å². The minimum atomic E-state index is -2.95. The Balaban J connectivity index is 2.56. The van der Waals surface area contributed by atoms with E-state index in [4.69, 9.17) is 0 Å². The highest BCUT2D eigenvalue weighted by Gasteiger charge is 2.49. The van der Waals surface area contributed by atoms with Gasteiger partial charge in [0.05, 0.1) is 13.2 Å². The molecule has 1 atom stereocenters. The van der Waals surface area contributed by atoms with Gasteiger partial charge < -0.3 is 10.1 Å². The number of ether oxygens (including phenoxy) is 1. The Kier molecular flexibility index (Phi) is 2.62. The predicted molar refractivity (Wildman–Crippen MR) is 37.9 cm³/mol. The minimum absolute atomic E-state index is 0.00579. The number of hydrogen-bond acceptors (Lipinski definition) is 3. The van der Waals surface area contributed by atoms with Gasteiger partial charge in [0.25, 0.3) is 5.92 Å². The largest absolute Gasteiger partial charge is 0.466 e. The van der Waals surface area contributed by atoms with Crippen LogP contribution in [0.3, 0.4) is 0 Å². The molecule has 1 saturated heterocycles. The first-order valence-electron chi connectivity index (χ1n) is 3.83. The smallest absolute Gasteiger partial charge is 0.316 e. The molecule has 0 unspecified atom stereocenters. The average molecular weight is 179 g/mol. The molecule has 0 radical (unpaired) electrons. The monoisotopic (exact) mass is 179 g/mol. The van der Waals surface area contributed by atoms with Gasteiger partial charge in [-0.1, -0.05) is 0 Å². The van der Waals surface area contributed by atoms with Crippen LogP contribution in [-0.2, 0) is 9.53 Å². The molecular formula is C7H11F2NO2. The quantitative estimate of drug-likeness (QED) is 0.624. The molecule has 12 heavy (non-hydrogen) atoms. The zero-order valence-electron chi connectivity index (χ0n) is 6.77. The lowest BCUT2D eigenvalue weighted by molar-refractivity contribution is -0.157. The number of alkyl halides is 2. The van der Waals surface area contributed by atoms with Crippen molar-refractivity contribution in [1.82, 2.24) is 5.32 Å². The van der Waals surface area contributed by atoms with Crippen molar-refractivity contribution >= 4 is 5.97 Å². The van der Waals surface area contributed by atoms with E-state index in [1.54, 1.807) is 6.92 Å². The van der Waals surface area contributed by atoms with Crippen molar-refractivity contribution in [3.8, 4) is 0 Å². The number of halogens is 2. The van der Waals surface area contributed by atoms with E-state index in [-0.39, 0.29) is 13.2 Å². The third kappa shape index (κ3) is 1.72. The molecule has 1 aliphatic heterocycles. The second-order valence-corrected chi connectivity index (χ2v) is 2.70. The van der Waals surface area contributed by atoms with E-state index in [9.17, 15) is 13.6 Å². The van der Waals surface area contributed by atoms with Gasteiger partial charge in [-0.3, -0.25) is 4.79 Å². The fraction of sp³-hybridized carbons (Fsp3) is 0.857. The van der Waals surface area contributed by atoms with Crippen LogP contribution in [0, 0.1) is 5.92 Å². The summed E-state index contributed by atoms with van der Waals surface area (Å²) in [6.45, 7) is 1.31. The molecule has 5 heteroatoms. The molecular weight excluding hydrogens is 168 g/mol. The third-order valence-corrected chi connectivity index (χ3v) is 1.79. The standard InChI is InChI=1S/C7H11F2NO2/c1-2-12-6(11)5-3-10-4-7(5,8)9/h5,10H,2-4H2,1H3/t5-/m1/s1. The van der Waals surface area contributed by atoms with E-state index in [0.717, 1.165) is 0 Å². The Hall–Kier alpha value is -0.710. The van der Waals surface area contributed by atoms with Crippen LogP contribution in [0.15, 0.2) is 0 Å². The number of carbonyl (C=O) groups is 1. The molecule has 3 nitrogen and oxygen atoms in total. The first-order valence-corrected chi connectivity index (χ1v) is 3.83. The molecule has 0 saturated carbocycles. The van der Waals surface area contributed by atoms with Crippen LogP contribution in [0.4, 0.5) is 8.78 Å². The SMILES string of the molecule is CCOC(=O)[C@H]1CNCC1(F)F. The summed E-state index contributed by atoms with van der Waals surface area (Å²) in [6, 6.07) is 0. The van der Waals surface area contributed by atoms with Gasteiger partial charge in [-0.25, -0.2) is 8.78 Å². The highest BCUT2D eigenvalue weighted by molar-refractivity contribution is 5.74. The van der Waals surface area contributed by atoms with Gasteiger partial charge in [-0.15, -0.1) is 0 Å². The molecule has 0 aliphatic carbocycles. The first-order chi connectivity index (χ1) is 5.58. The summed E-state index contributed by atoms with van der Waals surface area (Å²) < 4.78 is 30.1. The lowest BCUT2D eigenvalue weighted by Crippen LogP contribution is -2.34. The summed E-state index contributed by atoms with van der Waals surface area (Å²) in [4.78, 5) is 10.9. The van der Waals surface area contributed by atoms with E-state index in [0.29, 0.717) is 0 Å². The highest BCUT2D eigenvalue weighted by Crippen LogP contribution is 2.28. The van der Waals surface area contributed by atoms with Gasteiger partial charge in [0.2, 0.25) is 0 Å². The summed E-state index contributed by atoms with van der Waals surface area (Å²) in [5, 5.41) is 2.45. The maximum absolute atomic E-state index is 12.8. The second-order valence-electron chi connectivity index (χ2n) is 2.70. The molecule has 0 aromatic carbocycles. The normalized spacial score (nSPS) is 27.1. The van der Waals surface area contributed by atoms with Crippen molar-refractivity contribution in [2.45, 2.75) is 12.8 Å². The number of nitrogens with one attached hydrogen (secondary N) is 1. The Bertz CT molecular complexity index is 184. The molecule has 1 heterocycles. The summed E-state index contributed by atoms with van der Waals surface area (Å²) in [7, 11) is 0. The Morgan fingerprint density at radius 3 is 2.83 bits per heavy atom. The van der Waals surface area contributed by atoms with Crippen LogP contribution < -0.4 is 5.32 Å². The molecule has 1 fully saturated rings. The molecule has 0 aromatic rings. The van der Waals surface area contributed by atoms with E-state index in [2.05, 4.69) is 10.1 Å². The Morgan fingerprint density at radius 1 is 1.75 bits per heavy atom. The minimum Gasteiger partial charge on any atom is -0.466 e. The highest BCUT2D eigenvalue weighted by atomic mass is 19.3. The molecule has 0 bridgehead atoms. The number of carbonyl (C=O) groups excluding carboxylic acids is 1. The van der Waals surface area contributed by atoms with Crippen LogP contribution >= 0.6 is 0 Å². The Morgan fingerprint density at radius 2 is 2.42 bits per heavy atom. The lowest BCUT2D eigenvalue weighted by Gasteiger charge is -2.15. The summed E-state index contributed by atoms with van der Waals surface area (Å²) in [5.41, 5.74) is 0. The summed E-state index contributed by atoms with van der Waals surface area (Å²) >= 11 is 0. The second kappa shape index (κ2) is 3.35. The summed E-state index contributed by atoms with van der Waals surface area (Å²) in [6.07, 6.45) is 0. The topological polar surface area (TPSA) is 38.3 Å². The van der Waals surface area contributed by atoms with Crippen LogP contribution in [0.1, 0.15) is 6.92 Å². The molecule has 0 spiro atoms. The average Bonchev–Trinajstić information content (AvgIpc) is 2.30. The molecule has 1 aliphatic rings. The molecule has 1 rings (SSSR count). The van der Waals surface area contributed by atoms with Crippen molar-refractivity contribution in [3.63, 3.8) is 0 Å². The van der Waals surface area contributed by atoms with Crippen molar-refractivity contribution in [3.05, 3.63) is 0 Å². The molecule has 0 amide bonds. The van der Waals surface area contributed by atoms with Gasteiger partial charge >= 0.3 is 5.97 Å². The van der Waals surface area contributed by atoms with Crippen molar-refractivity contribution < 1.29 is 18.3 Å². The van der Waals surface area contributed by atoms with Crippen LogP contribution in [0.5, 0.6) is 0 Å². The molecule has 70 valence electrons. The number of rotatable bonds is 2. The lowest BCUT2D eigenvalue weighted by atomic mass is 10.1. The van der Waals surface area contributed by atoms with Gasteiger partial charge in [-0.05, 0) is 6.92 Å². The van der Waals surface area contributed by atoms with Gasteiger partial charge in [0.15, 0.2) is 0 Å². The first kappa shape index (κ1) is 9.38. The zero-order valence-corrected chi connectivity index (χ0v) is 6.77. The maximum Gasteiger partial charge on any atom is 0.316 e. The van der Waals surface area contributed by atoms with E-state index in [1.165, 1.54) is 0 Å². The fourth-order valence-electron chi connectivity index (χ4n) is 1.15. The zero-order chi connectivity index (χ0) is 9.19. The van der Waals surface area contributed by atoms with Crippen molar-refractivity contribution in [2.75, 3.05) is 19.7 Å². The van der Waals surface area contributed by atoms with E-state index >= 15 is 0 Å². The van der Waals surface area contributed by atoms with E-state index < -0.39 is 24.4 Å². The van der Waals surface area contributed by atoms with Gasteiger partial charge in [0.1, 0.15) is 5.92 Å². The van der Waals surface area contributed by atoms with Gasteiger partial charge in [-0.2, -0.15) is 0 Å². The predicted octanol–water partition coefficient (Wildman–Crippen LogP) is 0.404. The van der Waals surface area contributed by atoms with Crippen LogP contribution in [0.25, 0.3) is 0 Å². The van der Waals surface area contributed by atoms with Crippen molar-refractivity contribution in [2.24, 2.45) is 5.92 Å². The fourth-order valence-corrected chi connectivity index (χ4v) is 1.15. The van der Waals surface area contributed by atoms with Crippen molar-refractivity contribution in [1.29, 1.82) is 0 Å². The molecule has 0 aromatic heterocycles. The number of esters is 1. The molecule has 1 N–H and O–H groups in total. The van der Waals surface area contributed by atoms with Gasteiger partial charge in [0, 0.05) is 6.54 Å². The van der Waals surface area contributed by atoms with E-state index in [1.807, 2.05) is 0 Å².